The number of anilines is 1. The van der Waals surface area contributed by atoms with E-state index in [-0.39, 0.29) is 4.90 Å². The average Bonchev–Trinajstić information content (AvgIpc) is 3.12. The second-order valence-electron chi connectivity index (χ2n) is 6.48. The summed E-state index contributed by atoms with van der Waals surface area (Å²) < 4.78 is 30.3. The zero-order valence-corrected chi connectivity index (χ0v) is 15.4. The lowest BCUT2D eigenvalue weighted by Gasteiger charge is -2.12. The van der Waals surface area contributed by atoms with Crippen LogP contribution >= 0.6 is 0 Å². The Labute approximate surface area is 158 Å². The Morgan fingerprint density at radius 3 is 2.59 bits per heavy atom. The number of nitriles is 1. The Hall–Kier alpha value is -3.11. The lowest BCUT2D eigenvalue weighted by Crippen LogP contribution is -2.13. The van der Waals surface area contributed by atoms with Crippen molar-refractivity contribution in [3.05, 3.63) is 66.1 Å². The maximum absolute atomic E-state index is 12.8. The lowest BCUT2D eigenvalue weighted by molar-refractivity contribution is 0.522. The number of nitrogens with zero attached hydrogens (tertiary/aromatic N) is 3. The predicted octanol–water partition coefficient (Wildman–Crippen LogP) is 3.56. The van der Waals surface area contributed by atoms with Gasteiger partial charge >= 0.3 is 0 Å². The van der Waals surface area contributed by atoms with E-state index >= 15 is 0 Å². The fourth-order valence-corrected chi connectivity index (χ4v) is 4.33. The van der Waals surface area contributed by atoms with E-state index in [1.54, 1.807) is 12.1 Å². The van der Waals surface area contributed by atoms with Crippen LogP contribution in [0, 0.1) is 11.3 Å². The summed E-state index contributed by atoms with van der Waals surface area (Å²) in [6, 6.07) is 15.1. The van der Waals surface area contributed by atoms with Crippen molar-refractivity contribution in [2.75, 3.05) is 4.72 Å². The minimum absolute atomic E-state index is 0.112. The van der Waals surface area contributed by atoms with Gasteiger partial charge in [0.25, 0.3) is 10.0 Å². The van der Waals surface area contributed by atoms with Gasteiger partial charge in [0.2, 0.25) is 0 Å². The molecule has 136 valence electrons. The van der Waals surface area contributed by atoms with Crippen LogP contribution in [0.5, 0.6) is 0 Å². The topological polar surface area (TPSA) is 87.8 Å². The van der Waals surface area contributed by atoms with Gasteiger partial charge in [-0.25, -0.2) is 13.4 Å². The number of nitrogens with one attached hydrogen (secondary N) is 1. The molecule has 0 spiro atoms. The molecule has 0 fully saturated rings. The Morgan fingerprint density at radius 1 is 1.07 bits per heavy atom. The fraction of sp³-hybridized carbons (Fsp3) is 0.200. The standard InChI is InChI=1S/C20H18N4O2S/c21-13-15-8-10-16(11-9-15)27(25,26)23-18-6-2-1-5-17(18)19-14-24-12-4-3-7-20(24)22-19/h1-2,5-6,8-11,14,23H,3-4,7,12H2. The summed E-state index contributed by atoms with van der Waals surface area (Å²) in [7, 11) is -3.76. The number of benzene rings is 2. The number of fused-ring (bicyclic) bond motifs is 1. The van der Waals surface area contributed by atoms with Gasteiger partial charge in [0.05, 0.1) is 27.9 Å². The minimum Gasteiger partial charge on any atom is -0.334 e. The number of hydrogen-bond acceptors (Lipinski definition) is 4. The van der Waals surface area contributed by atoms with Crippen LogP contribution in [0.2, 0.25) is 0 Å². The Bertz CT molecular complexity index is 1100. The van der Waals surface area contributed by atoms with Crippen LogP contribution in [0.1, 0.15) is 24.2 Å². The third-order valence-electron chi connectivity index (χ3n) is 4.65. The van der Waals surface area contributed by atoms with E-state index in [1.807, 2.05) is 24.4 Å². The zero-order valence-electron chi connectivity index (χ0n) is 14.6. The summed E-state index contributed by atoms with van der Waals surface area (Å²) in [5.74, 6) is 1.04. The quantitative estimate of drug-likeness (QED) is 0.752. The zero-order chi connectivity index (χ0) is 18.9. The molecule has 1 aromatic heterocycles. The average molecular weight is 378 g/mol. The van der Waals surface area contributed by atoms with Crippen LogP contribution in [-0.4, -0.2) is 18.0 Å². The molecule has 4 rings (SSSR count). The van der Waals surface area contributed by atoms with Gasteiger partial charge in [0, 0.05) is 24.7 Å². The third kappa shape index (κ3) is 3.44. The molecule has 1 N–H and O–H groups in total. The van der Waals surface area contributed by atoms with Crippen molar-refractivity contribution >= 4 is 15.7 Å². The van der Waals surface area contributed by atoms with Crippen LogP contribution in [0.15, 0.2) is 59.6 Å². The molecule has 2 aromatic carbocycles. The van der Waals surface area contributed by atoms with Gasteiger partial charge in [0.1, 0.15) is 5.82 Å². The molecule has 1 aliphatic heterocycles. The van der Waals surface area contributed by atoms with Crippen molar-refractivity contribution in [3.8, 4) is 17.3 Å². The van der Waals surface area contributed by atoms with E-state index in [0.29, 0.717) is 11.3 Å². The molecule has 0 unspecified atom stereocenters. The van der Waals surface area contributed by atoms with E-state index in [4.69, 9.17) is 10.2 Å². The number of aromatic nitrogens is 2. The van der Waals surface area contributed by atoms with Gasteiger partial charge in [-0.3, -0.25) is 4.72 Å². The number of imidazole rings is 1. The molecule has 0 amide bonds. The predicted molar refractivity (Wildman–Crippen MR) is 103 cm³/mol. The maximum atomic E-state index is 12.8. The number of para-hydroxylation sites is 1. The lowest BCUT2D eigenvalue weighted by atomic mass is 10.1. The third-order valence-corrected chi connectivity index (χ3v) is 6.03. The summed E-state index contributed by atoms with van der Waals surface area (Å²) in [6.45, 7) is 0.946. The van der Waals surface area contributed by atoms with E-state index in [9.17, 15) is 8.42 Å². The molecule has 2 heterocycles. The van der Waals surface area contributed by atoms with Crippen molar-refractivity contribution in [3.63, 3.8) is 0 Å². The van der Waals surface area contributed by atoms with Crippen molar-refractivity contribution in [1.82, 2.24) is 9.55 Å². The summed E-state index contributed by atoms with van der Waals surface area (Å²) in [5.41, 5.74) is 2.41. The van der Waals surface area contributed by atoms with Crippen molar-refractivity contribution in [1.29, 1.82) is 5.26 Å². The molecule has 0 aliphatic carbocycles. The highest BCUT2D eigenvalue weighted by Gasteiger charge is 2.19. The van der Waals surface area contributed by atoms with E-state index in [2.05, 4.69) is 9.29 Å². The molecule has 0 saturated carbocycles. The van der Waals surface area contributed by atoms with E-state index in [1.165, 1.54) is 24.3 Å². The second kappa shape index (κ2) is 6.89. The highest BCUT2D eigenvalue weighted by Crippen LogP contribution is 2.30. The van der Waals surface area contributed by atoms with Gasteiger partial charge in [-0.1, -0.05) is 18.2 Å². The summed E-state index contributed by atoms with van der Waals surface area (Å²) in [6.07, 6.45) is 5.20. The molecule has 1 aliphatic rings. The first-order valence-electron chi connectivity index (χ1n) is 8.75. The van der Waals surface area contributed by atoms with Gasteiger partial charge in [0.15, 0.2) is 0 Å². The fourth-order valence-electron chi connectivity index (χ4n) is 3.25. The largest absolute Gasteiger partial charge is 0.334 e. The first-order valence-corrected chi connectivity index (χ1v) is 10.2. The van der Waals surface area contributed by atoms with E-state index in [0.717, 1.165) is 42.9 Å². The van der Waals surface area contributed by atoms with Crippen LogP contribution in [0.3, 0.4) is 0 Å². The summed E-state index contributed by atoms with van der Waals surface area (Å²) in [5, 5.41) is 8.87. The number of sulfonamides is 1. The molecule has 27 heavy (non-hydrogen) atoms. The first kappa shape index (κ1) is 17.3. The Morgan fingerprint density at radius 2 is 1.85 bits per heavy atom. The number of aryl methyl sites for hydroxylation is 2. The van der Waals surface area contributed by atoms with Gasteiger partial charge in [-0.05, 0) is 43.2 Å². The summed E-state index contributed by atoms with van der Waals surface area (Å²) >= 11 is 0. The summed E-state index contributed by atoms with van der Waals surface area (Å²) in [4.78, 5) is 4.81. The number of hydrogen-bond donors (Lipinski definition) is 1. The van der Waals surface area contributed by atoms with Gasteiger partial charge in [-0.2, -0.15) is 5.26 Å². The van der Waals surface area contributed by atoms with Crippen LogP contribution < -0.4 is 4.72 Å². The first-order chi connectivity index (χ1) is 13.1. The molecule has 0 saturated heterocycles. The highest BCUT2D eigenvalue weighted by molar-refractivity contribution is 7.92. The molecule has 0 bridgehead atoms. The Kier molecular flexibility index (Phi) is 4.42. The van der Waals surface area contributed by atoms with Crippen LogP contribution in [-0.2, 0) is 23.0 Å². The maximum Gasteiger partial charge on any atom is 0.261 e. The highest BCUT2D eigenvalue weighted by atomic mass is 32.2. The van der Waals surface area contributed by atoms with Crippen molar-refractivity contribution in [2.45, 2.75) is 30.7 Å². The molecule has 6 nitrogen and oxygen atoms in total. The van der Waals surface area contributed by atoms with E-state index < -0.39 is 10.0 Å². The molecular formula is C20H18N4O2S. The van der Waals surface area contributed by atoms with Gasteiger partial charge < -0.3 is 4.57 Å². The normalized spacial score (nSPS) is 13.6. The number of rotatable bonds is 4. The molecule has 7 heteroatoms. The van der Waals surface area contributed by atoms with Crippen LogP contribution in [0.25, 0.3) is 11.3 Å². The molecule has 3 aromatic rings. The monoisotopic (exact) mass is 378 g/mol. The van der Waals surface area contributed by atoms with Crippen molar-refractivity contribution in [2.24, 2.45) is 0 Å². The Balaban J connectivity index is 1.68. The van der Waals surface area contributed by atoms with Crippen molar-refractivity contribution < 1.29 is 8.42 Å². The SMILES string of the molecule is N#Cc1ccc(S(=O)(=O)Nc2ccccc2-c2cn3c(n2)CCCC3)cc1. The smallest absolute Gasteiger partial charge is 0.261 e. The van der Waals surface area contributed by atoms with Gasteiger partial charge in [-0.15, -0.1) is 0 Å². The minimum atomic E-state index is -3.76. The molecule has 0 radical (unpaired) electrons. The second-order valence-corrected chi connectivity index (χ2v) is 8.16. The van der Waals surface area contributed by atoms with Crippen LogP contribution in [0.4, 0.5) is 5.69 Å². The molecular weight excluding hydrogens is 360 g/mol. The molecule has 0 atom stereocenters.